The molecular weight excluding hydrogens is 334 g/mol. The highest BCUT2D eigenvalue weighted by atomic mass is 32.1. The van der Waals surface area contributed by atoms with Crippen LogP contribution in [-0.2, 0) is 16.1 Å². The van der Waals surface area contributed by atoms with Gasteiger partial charge in [0.05, 0.1) is 16.8 Å². The van der Waals surface area contributed by atoms with Gasteiger partial charge in [0.25, 0.3) is 0 Å². The van der Waals surface area contributed by atoms with Crippen LogP contribution < -0.4 is 5.32 Å². The molecule has 1 aromatic carbocycles. The fourth-order valence-electron chi connectivity index (χ4n) is 3.12. The van der Waals surface area contributed by atoms with Crippen molar-refractivity contribution < 1.29 is 9.59 Å². The van der Waals surface area contributed by atoms with Crippen LogP contribution in [0.25, 0.3) is 10.2 Å². The number of fused-ring (bicyclic) bond motifs is 1. The molecule has 0 unspecified atom stereocenters. The summed E-state index contributed by atoms with van der Waals surface area (Å²) in [5, 5.41) is 3.94. The Labute approximate surface area is 152 Å². The highest BCUT2D eigenvalue weighted by Gasteiger charge is 2.32. The lowest BCUT2D eigenvalue weighted by Gasteiger charge is -2.35. The smallest absolute Gasteiger partial charge is 0.227 e. The topological polar surface area (TPSA) is 62.3 Å². The van der Waals surface area contributed by atoms with Gasteiger partial charge in [-0.25, -0.2) is 4.98 Å². The molecule has 1 aliphatic heterocycles. The van der Waals surface area contributed by atoms with E-state index in [1.165, 1.54) is 0 Å². The SMILES string of the molecule is CC(C)(C)C(=O)N1CCC(C(=O)NCc2nc3ccccc3s2)CC1. The van der Waals surface area contributed by atoms with Crippen molar-refractivity contribution in [3.63, 3.8) is 0 Å². The first kappa shape index (κ1) is 17.9. The van der Waals surface area contributed by atoms with Gasteiger partial charge in [-0.05, 0) is 25.0 Å². The zero-order valence-electron chi connectivity index (χ0n) is 15.0. The molecule has 1 aliphatic rings. The van der Waals surface area contributed by atoms with Crippen molar-refractivity contribution in [1.29, 1.82) is 0 Å². The molecule has 2 aromatic rings. The molecule has 0 bridgehead atoms. The summed E-state index contributed by atoms with van der Waals surface area (Å²) in [6.45, 7) is 7.61. The molecule has 0 atom stereocenters. The molecule has 1 aromatic heterocycles. The van der Waals surface area contributed by atoms with Crippen LogP contribution in [-0.4, -0.2) is 34.8 Å². The predicted molar refractivity (Wildman–Crippen MR) is 100 cm³/mol. The quantitative estimate of drug-likeness (QED) is 0.915. The maximum Gasteiger partial charge on any atom is 0.227 e. The molecule has 0 saturated carbocycles. The van der Waals surface area contributed by atoms with Gasteiger partial charge in [-0.2, -0.15) is 0 Å². The molecular formula is C19H25N3O2S. The number of aromatic nitrogens is 1. The van der Waals surface area contributed by atoms with Crippen molar-refractivity contribution in [3.8, 4) is 0 Å². The number of benzene rings is 1. The summed E-state index contributed by atoms with van der Waals surface area (Å²) in [5.41, 5.74) is 0.618. The summed E-state index contributed by atoms with van der Waals surface area (Å²) in [7, 11) is 0. The predicted octanol–water partition coefficient (Wildman–Crippen LogP) is 3.20. The third kappa shape index (κ3) is 4.18. The molecule has 0 spiro atoms. The van der Waals surface area contributed by atoms with E-state index in [0.717, 1.165) is 28.1 Å². The maximum atomic E-state index is 12.4. The summed E-state index contributed by atoms with van der Waals surface area (Å²) in [6.07, 6.45) is 1.46. The van der Waals surface area contributed by atoms with Crippen LogP contribution in [0.3, 0.4) is 0 Å². The minimum absolute atomic E-state index is 0.0154. The fraction of sp³-hybridized carbons (Fsp3) is 0.526. The first-order valence-corrected chi connectivity index (χ1v) is 9.58. The van der Waals surface area contributed by atoms with E-state index in [-0.39, 0.29) is 23.1 Å². The number of hydrogen-bond donors (Lipinski definition) is 1. The first-order valence-electron chi connectivity index (χ1n) is 8.76. The first-order chi connectivity index (χ1) is 11.8. The van der Waals surface area contributed by atoms with Gasteiger partial charge in [0.2, 0.25) is 11.8 Å². The van der Waals surface area contributed by atoms with Gasteiger partial charge in [0, 0.05) is 24.4 Å². The maximum absolute atomic E-state index is 12.4. The Balaban J connectivity index is 1.50. The van der Waals surface area contributed by atoms with Crippen molar-refractivity contribution in [2.24, 2.45) is 11.3 Å². The zero-order chi connectivity index (χ0) is 18.0. The molecule has 5 nitrogen and oxygen atoms in total. The summed E-state index contributed by atoms with van der Waals surface area (Å²) < 4.78 is 1.14. The van der Waals surface area contributed by atoms with Gasteiger partial charge in [0.15, 0.2) is 0 Å². The molecule has 1 fully saturated rings. The number of amides is 2. The van der Waals surface area contributed by atoms with Crippen LogP contribution in [0.2, 0.25) is 0 Å². The Bertz CT molecular complexity index is 737. The molecule has 1 saturated heterocycles. The highest BCUT2D eigenvalue weighted by Crippen LogP contribution is 2.24. The van der Waals surface area contributed by atoms with E-state index < -0.39 is 0 Å². The largest absolute Gasteiger partial charge is 0.349 e. The Hall–Kier alpha value is -1.95. The fourth-order valence-corrected chi connectivity index (χ4v) is 4.03. The second-order valence-corrected chi connectivity index (χ2v) is 8.72. The molecule has 2 heterocycles. The number of carbonyl (C=O) groups excluding carboxylic acids is 2. The summed E-state index contributed by atoms with van der Waals surface area (Å²) in [4.78, 5) is 31.2. The second kappa shape index (κ2) is 7.12. The van der Waals surface area contributed by atoms with E-state index >= 15 is 0 Å². The molecule has 134 valence electrons. The van der Waals surface area contributed by atoms with Gasteiger partial charge in [0.1, 0.15) is 5.01 Å². The van der Waals surface area contributed by atoms with E-state index in [2.05, 4.69) is 10.3 Å². The lowest BCUT2D eigenvalue weighted by molar-refractivity contribution is -0.142. The van der Waals surface area contributed by atoms with Gasteiger partial charge < -0.3 is 10.2 Å². The molecule has 0 aliphatic carbocycles. The number of piperidine rings is 1. The van der Waals surface area contributed by atoms with Crippen LogP contribution in [0.4, 0.5) is 0 Å². The highest BCUT2D eigenvalue weighted by molar-refractivity contribution is 7.18. The summed E-state index contributed by atoms with van der Waals surface area (Å²) in [6, 6.07) is 7.99. The van der Waals surface area contributed by atoms with Crippen molar-refractivity contribution in [2.45, 2.75) is 40.2 Å². The molecule has 3 rings (SSSR count). The van der Waals surface area contributed by atoms with E-state index in [1.54, 1.807) is 11.3 Å². The minimum Gasteiger partial charge on any atom is -0.349 e. The Kier molecular flexibility index (Phi) is 5.08. The second-order valence-electron chi connectivity index (χ2n) is 7.61. The van der Waals surface area contributed by atoms with Gasteiger partial charge in [-0.15, -0.1) is 11.3 Å². The van der Waals surface area contributed by atoms with E-state index in [1.807, 2.05) is 49.9 Å². The summed E-state index contributed by atoms with van der Waals surface area (Å²) >= 11 is 1.61. The normalized spacial score (nSPS) is 16.2. The molecule has 25 heavy (non-hydrogen) atoms. The number of nitrogens with zero attached hydrogens (tertiary/aromatic N) is 2. The van der Waals surface area contributed by atoms with Crippen LogP contribution in [0, 0.1) is 11.3 Å². The average molecular weight is 359 g/mol. The molecule has 2 amide bonds. The van der Waals surface area contributed by atoms with E-state index in [0.29, 0.717) is 19.6 Å². The number of thiazole rings is 1. The van der Waals surface area contributed by atoms with Crippen molar-refractivity contribution in [2.75, 3.05) is 13.1 Å². The number of carbonyl (C=O) groups is 2. The molecule has 0 radical (unpaired) electrons. The average Bonchev–Trinajstić information content (AvgIpc) is 3.01. The van der Waals surface area contributed by atoms with Crippen molar-refractivity contribution >= 4 is 33.4 Å². The monoisotopic (exact) mass is 359 g/mol. The van der Waals surface area contributed by atoms with Crippen LogP contribution in [0.5, 0.6) is 0 Å². The lowest BCUT2D eigenvalue weighted by Crippen LogP contribution is -2.46. The number of hydrogen-bond acceptors (Lipinski definition) is 4. The minimum atomic E-state index is -0.359. The zero-order valence-corrected chi connectivity index (χ0v) is 15.9. The third-order valence-corrected chi connectivity index (χ3v) is 5.58. The van der Waals surface area contributed by atoms with Crippen molar-refractivity contribution in [3.05, 3.63) is 29.3 Å². The van der Waals surface area contributed by atoms with Gasteiger partial charge >= 0.3 is 0 Å². The summed E-state index contributed by atoms with van der Waals surface area (Å²) in [5.74, 6) is 0.223. The third-order valence-electron chi connectivity index (χ3n) is 4.55. The number of likely N-dealkylation sites (tertiary alicyclic amines) is 1. The molecule has 1 N–H and O–H groups in total. The number of nitrogens with one attached hydrogen (secondary N) is 1. The van der Waals surface area contributed by atoms with Crippen LogP contribution in [0.1, 0.15) is 38.6 Å². The Morgan fingerprint density at radius 2 is 1.92 bits per heavy atom. The standard InChI is InChI=1S/C19H25N3O2S/c1-19(2,3)18(24)22-10-8-13(9-11-22)17(23)20-12-16-21-14-6-4-5-7-15(14)25-16/h4-7,13H,8-12H2,1-3H3,(H,20,23). The van der Waals surface area contributed by atoms with E-state index in [9.17, 15) is 9.59 Å². The van der Waals surface area contributed by atoms with E-state index in [4.69, 9.17) is 0 Å². The lowest BCUT2D eigenvalue weighted by atomic mass is 9.91. The Morgan fingerprint density at radius 3 is 2.56 bits per heavy atom. The van der Waals surface area contributed by atoms with Crippen LogP contribution >= 0.6 is 11.3 Å². The molecule has 6 heteroatoms. The van der Waals surface area contributed by atoms with Gasteiger partial charge in [-0.1, -0.05) is 32.9 Å². The van der Waals surface area contributed by atoms with Crippen molar-refractivity contribution in [1.82, 2.24) is 15.2 Å². The van der Waals surface area contributed by atoms with Gasteiger partial charge in [-0.3, -0.25) is 9.59 Å². The van der Waals surface area contributed by atoms with Crippen LogP contribution in [0.15, 0.2) is 24.3 Å². The number of para-hydroxylation sites is 1. The Morgan fingerprint density at radius 1 is 1.24 bits per heavy atom. The number of rotatable bonds is 3.